The lowest BCUT2D eigenvalue weighted by Crippen LogP contribution is -2.16. The first-order valence-corrected chi connectivity index (χ1v) is 11.6. The van der Waals surface area contributed by atoms with E-state index in [1.165, 1.54) is 24.3 Å². The molecule has 4 heterocycles. The average molecular weight is 499 g/mol. The summed E-state index contributed by atoms with van der Waals surface area (Å²) in [6.45, 7) is 3.35. The van der Waals surface area contributed by atoms with Gasteiger partial charge in [0.05, 0.1) is 12.6 Å². The third-order valence-electron chi connectivity index (χ3n) is 5.93. The Morgan fingerprint density at radius 2 is 1.97 bits per heavy atom. The highest BCUT2D eigenvalue weighted by Crippen LogP contribution is 2.27. The van der Waals surface area contributed by atoms with E-state index in [1.807, 2.05) is 29.9 Å². The SMILES string of the molecule is Cc1cc(-c2nc(-c3ccc(OC(F)(F)F)cc3)no2)nn1Cc1ccnc(CCC2CCCO2)c1. The molecule has 1 unspecified atom stereocenters. The summed E-state index contributed by atoms with van der Waals surface area (Å²) in [4.78, 5) is 8.84. The number of nitrogens with zero attached hydrogens (tertiary/aromatic N) is 5. The number of alkyl halides is 3. The molecular formula is C25H24F3N5O3. The Labute approximate surface area is 205 Å². The maximum absolute atomic E-state index is 12.4. The molecule has 0 aliphatic carbocycles. The number of ether oxygens (including phenoxy) is 2. The number of rotatable bonds is 8. The molecule has 1 atom stereocenters. The van der Waals surface area contributed by atoms with Crippen LogP contribution in [-0.4, -0.2) is 44.0 Å². The second kappa shape index (κ2) is 10.1. The summed E-state index contributed by atoms with van der Waals surface area (Å²) in [5, 5.41) is 8.55. The first-order valence-electron chi connectivity index (χ1n) is 11.6. The van der Waals surface area contributed by atoms with Gasteiger partial charge in [0.1, 0.15) is 5.75 Å². The van der Waals surface area contributed by atoms with Crippen molar-refractivity contribution in [2.45, 2.75) is 51.6 Å². The quantitative estimate of drug-likeness (QED) is 0.322. The van der Waals surface area contributed by atoms with Gasteiger partial charge in [-0.3, -0.25) is 9.67 Å². The molecule has 11 heteroatoms. The van der Waals surface area contributed by atoms with Crippen LogP contribution in [0.3, 0.4) is 0 Å². The number of benzene rings is 1. The van der Waals surface area contributed by atoms with Crippen LogP contribution in [0.2, 0.25) is 0 Å². The molecular weight excluding hydrogens is 475 g/mol. The first kappa shape index (κ1) is 24.0. The number of hydrogen-bond acceptors (Lipinski definition) is 7. The van der Waals surface area contributed by atoms with Crippen molar-refractivity contribution in [1.29, 1.82) is 0 Å². The van der Waals surface area contributed by atoms with Crippen LogP contribution in [0, 0.1) is 6.92 Å². The molecule has 0 amide bonds. The zero-order valence-corrected chi connectivity index (χ0v) is 19.5. The van der Waals surface area contributed by atoms with E-state index in [0.717, 1.165) is 49.2 Å². The van der Waals surface area contributed by atoms with Gasteiger partial charge in [0.15, 0.2) is 5.69 Å². The molecule has 1 aliphatic rings. The summed E-state index contributed by atoms with van der Waals surface area (Å²) in [6, 6.07) is 11.2. The molecule has 4 aromatic rings. The molecule has 0 saturated carbocycles. The summed E-state index contributed by atoms with van der Waals surface area (Å²) in [6.07, 6.45) is 1.48. The van der Waals surface area contributed by atoms with Gasteiger partial charge in [0.25, 0.3) is 5.89 Å². The van der Waals surface area contributed by atoms with E-state index in [9.17, 15) is 13.2 Å². The standard InChI is InChI=1S/C25H24F3N5O3/c1-16-13-22(24-30-23(32-36-24)18-4-7-21(8-5-18)35-25(26,27)28)31-33(16)15-17-10-11-29-19(14-17)6-9-20-3-2-12-34-20/h4-5,7-8,10-11,13-14,20H,2-3,6,9,12,15H2,1H3. The van der Waals surface area contributed by atoms with E-state index in [-0.39, 0.29) is 17.5 Å². The normalized spacial score (nSPS) is 15.9. The first-order chi connectivity index (χ1) is 17.3. The molecule has 0 radical (unpaired) electrons. The third-order valence-corrected chi connectivity index (χ3v) is 5.93. The summed E-state index contributed by atoms with van der Waals surface area (Å²) in [5.74, 6) is 0.130. The van der Waals surface area contributed by atoms with Gasteiger partial charge in [-0.1, -0.05) is 5.16 Å². The monoisotopic (exact) mass is 499 g/mol. The molecule has 36 heavy (non-hydrogen) atoms. The molecule has 1 saturated heterocycles. The van der Waals surface area contributed by atoms with Crippen molar-refractivity contribution in [1.82, 2.24) is 24.9 Å². The molecule has 1 aliphatic heterocycles. The molecule has 3 aromatic heterocycles. The maximum atomic E-state index is 12.4. The Hall–Kier alpha value is -3.73. The maximum Gasteiger partial charge on any atom is 0.573 e. The second-order valence-electron chi connectivity index (χ2n) is 8.65. The highest BCUT2D eigenvalue weighted by molar-refractivity contribution is 5.58. The van der Waals surface area contributed by atoms with E-state index in [0.29, 0.717) is 23.9 Å². The lowest BCUT2D eigenvalue weighted by molar-refractivity contribution is -0.274. The van der Waals surface area contributed by atoms with Crippen LogP contribution in [0.5, 0.6) is 5.75 Å². The van der Waals surface area contributed by atoms with Crippen LogP contribution in [0.1, 0.15) is 36.2 Å². The number of aromatic nitrogens is 5. The van der Waals surface area contributed by atoms with Crippen molar-refractivity contribution in [3.05, 3.63) is 65.6 Å². The second-order valence-corrected chi connectivity index (χ2v) is 8.65. The van der Waals surface area contributed by atoms with Crippen LogP contribution < -0.4 is 4.74 Å². The molecule has 188 valence electrons. The van der Waals surface area contributed by atoms with E-state index >= 15 is 0 Å². The zero-order valence-electron chi connectivity index (χ0n) is 19.5. The van der Waals surface area contributed by atoms with Gasteiger partial charge in [-0.05, 0) is 80.6 Å². The topological polar surface area (TPSA) is 88.1 Å². The highest BCUT2D eigenvalue weighted by atomic mass is 19.4. The van der Waals surface area contributed by atoms with Gasteiger partial charge >= 0.3 is 6.36 Å². The number of hydrogen-bond donors (Lipinski definition) is 0. The van der Waals surface area contributed by atoms with Crippen molar-refractivity contribution in [2.24, 2.45) is 0 Å². The number of halogens is 3. The molecule has 1 aromatic carbocycles. The van der Waals surface area contributed by atoms with E-state index in [1.54, 1.807) is 0 Å². The van der Waals surface area contributed by atoms with Crippen LogP contribution in [0.25, 0.3) is 23.0 Å². The predicted octanol–water partition coefficient (Wildman–Crippen LogP) is 5.36. The molecule has 0 N–H and O–H groups in total. The van der Waals surface area contributed by atoms with Crippen LogP contribution >= 0.6 is 0 Å². The van der Waals surface area contributed by atoms with Crippen LogP contribution in [-0.2, 0) is 17.7 Å². The Kier molecular flexibility index (Phi) is 6.73. The van der Waals surface area contributed by atoms with E-state index < -0.39 is 6.36 Å². The molecule has 0 spiro atoms. The average Bonchev–Trinajstić information content (AvgIpc) is 3.60. The van der Waals surface area contributed by atoms with Gasteiger partial charge in [-0.15, -0.1) is 13.2 Å². The third kappa shape index (κ3) is 5.91. The van der Waals surface area contributed by atoms with Crippen molar-refractivity contribution in [3.8, 4) is 28.7 Å². The predicted molar refractivity (Wildman–Crippen MR) is 123 cm³/mol. The summed E-state index contributed by atoms with van der Waals surface area (Å²) in [5.41, 5.74) is 4.02. The minimum absolute atomic E-state index is 0.217. The Morgan fingerprint density at radius 1 is 1.14 bits per heavy atom. The van der Waals surface area contributed by atoms with Gasteiger partial charge in [-0.2, -0.15) is 10.1 Å². The minimum Gasteiger partial charge on any atom is -0.406 e. The van der Waals surface area contributed by atoms with Crippen molar-refractivity contribution in [3.63, 3.8) is 0 Å². The Balaban J connectivity index is 1.26. The van der Waals surface area contributed by atoms with Crippen molar-refractivity contribution >= 4 is 0 Å². The fourth-order valence-electron chi connectivity index (χ4n) is 4.14. The summed E-state index contributed by atoms with van der Waals surface area (Å²) in [7, 11) is 0. The summed E-state index contributed by atoms with van der Waals surface area (Å²) < 4.78 is 53.9. The van der Waals surface area contributed by atoms with Crippen molar-refractivity contribution < 1.29 is 27.2 Å². The molecule has 1 fully saturated rings. The fourth-order valence-corrected chi connectivity index (χ4v) is 4.14. The Morgan fingerprint density at radius 3 is 2.72 bits per heavy atom. The molecule has 5 rings (SSSR count). The molecule has 0 bridgehead atoms. The molecule has 8 nitrogen and oxygen atoms in total. The number of pyridine rings is 1. The van der Waals surface area contributed by atoms with Crippen LogP contribution in [0.4, 0.5) is 13.2 Å². The van der Waals surface area contributed by atoms with Gasteiger partial charge < -0.3 is 14.0 Å². The van der Waals surface area contributed by atoms with Gasteiger partial charge in [0.2, 0.25) is 5.82 Å². The smallest absolute Gasteiger partial charge is 0.406 e. The Bertz CT molecular complexity index is 1310. The lowest BCUT2D eigenvalue weighted by Gasteiger charge is -2.10. The summed E-state index contributed by atoms with van der Waals surface area (Å²) >= 11 is 0. The number of aryl methyl sites for hydroxylation is 2. The van der Waals surface area contributed by atoms with E-state index in [2.05, 4.69) is 31.0 Å². The van der Waals surface area contributed by atoms with Gasteiger partial charge in [0, 0.05) is 29.8 Å². The van der Waals surface area contributed by atoms with Crippen LogP contribution in [0.15, 0.2) is 53.2 Å². The minimum atomic E-state index is -4.75. The van der Waals surface area contributed by atoms with E-state index in [4.69, 9.17) is 9.26 Å². The highest BCUT2D eigenvalue weighted by Gasteiger charge is 2.31. The van der Waals surface area contributed by atoms with Gasteiger partial charge in [-0.25, -0.2) is 0 Å². The lowest BCUT2D eigenvalue weighted by atomic mass is 10.1. The zero-order chi connectivity index (χ0) is 25.1. The fraction of sp³-hybridized carbons (Fsp3) is 0.360. The van der Waals surface area contributed by atoms with Crippen molar-refractivity contribution in [2.75, 3.05) is 6.61 Å². The largest absolute Gasteiger partial charge is 0.573 e.